The molecule has 21 heavy (non-hydrogen) atoms. The number of unbranched alkanes of at least 4 members (excludes halogenated alkanes) is 1. The van der Waals surface area contributed by atoms with E-state index in [1.165, 1.54) is 42.4 Å². The second-order valence-corrected chi connectivity index (χ2v) is 7.90. The molecule has 0 nitrogen and oxygen atoms in total. The summed E-state index contributed by atoms with van der Waals surface area (Å²) >= 11 is 4.02. The van der Waals surface area contributed by atoms with E-state index in [1.54, 1.807) is 0 Å². The Morgan fingerprint density at radius 1 is 0.952 bits per heavy atom. The van der Waals surface area contributed by atoms with Crippen molar-refractivity contribution in [2.45, 2.75) is 83.9 Å². The Bertz CT molecular complexity index is 420. The van der Waals surface area contributed by atoms with Crippen LogP contribution in [0.5, 0.6) is 0 Å². The summed E-state index contributed by atoms with van der Waals surface area (Å²) in [6, 6.07) is 7.14. The summed E-state index contributed by atoms with van der Waals surface area (Å²) in [5.74, 6) is 1.93. The smallest absolute Gasteiger partial charge is 0.0426 e. The number of halogens is 1. The van der Waals surface area contributed by atoms with Crippen LogP contribution in [-0.2, 0) is 0 Å². The maximum atomic E-state index is 4.02. The van der Waals surface area contributed by atoms with Crippen molar-refractivity contribution in [1.82, 2.24) is 0 Å². The fourth-order valence-electron chi connectivity index (χ4n) is 2.98. The largest absolute Gasteiger partial charge is 0.0836 e. The van der Waals surface area contributed by atoms with Crippen LogP contribution in [0, 0.1) is 5.92 Å². The molecule has 0 aliphatic carbocycles. The first-order valence-electron chi connectivity index (χ1n) is 8.70. The minimum Gasteiger partial charge on any atom is -0.0836 e. The summed E-state index contributed by atoms with van der Waals surface area (Å²) in [7, 11) is 0. The van der Waals surface area contributed by atoms with Crippen molar-refractivity contribution in [2.75, 3.05) is 0 Å². The highest BCUT2D eigenvalue weighted by molar-refractivity contribution is 9.09. The topological polar surface area (TPSA) is 0 Å². The molecule has 0 aliphatic rings. The van der Waals surface area contributed by atoms with Crippen LogP contribution in [0.3, 0.4) is 0 Å². The minimum atomic E-state index is 0.493. The molecule has 0 saturated heterocycles. The van der Waals surface area contributed by atoms with Gasteiger partial charge in [-0.05, 0) is 40.9 Å². The molecule has 1 heteroatoms. The van der Waals surface area contributed by atoms with Crippen LogP contribution >= 0.6 is 15.9 Å². The van der Waals surface area contributed by atoms with Crippen LogP contribution in [0.4, 0.5) is 0 Å². The van der Waals surface area contributed by atoms with E-state index in [0.29, 0.717) is 16.7 Å². The first kappa shape index (κ1) is 18.7. The lowest BCUT2D eigenvalue weighted by Crippen LogP contribution is -2.10. The van der Waals surface area contributed by atoms with E-state index in [4.69, 9.17) is 0 Å². The number of alkyl halides is 1. The van der Waals surface area contributed by atoms with Gasteiger partial charge in [0.05, 0.1) is 0 Å². The van der Waals surface area contributed by atoms with Crippen molar-refractivity contribution >= 4 is 15.9 Å². The molecule has 0 aliphatic heterocycles. The van der Waals surface area contributed by atoms with Crippen molar-refractivity contribution in [1.29, 1.82) is 0 Å². The molecule has 0 saturated carbocycles. The van der Waals surface area contributed by atoms with Gasteiger partial charge in [0, 0.05) is 4.83 Å². The van der Waals surface area contributed by atoms with Crippen molar-refractivity contribution in [2.24, 2.45) is 5.92 Å². The summed E-state index contributed by atoms with van der Waals surface area (Å²) in [5.41, 5.74) is 4.50. The Morgan fingerprint density at radius 2 is 1.62 bits per heavy atom. The van der Waals surface area contributed by atoms with Gasteiger partial charge in [-0.15, -0.1) is 0 Å². The third-order valence-electron chi connectivity index (χ3n) is 4.56. The summed E-state index contributed by atoms with van der Waals surface area (Å²) < 4.78 is 0. The van der Waals surface area contributed by atoms with E-state index in [1.807, 2.05) is 0 Å². The zero-order valence-electron chi connectivity index (χ0n) is 14.7. The predicted octanol–water partition coefficient (Wildman–Crippen LogP) is 7.59. The summed E-state index contributed by atoms with van der Waals surface area (Å²) in [5, 5.41) is 0. The number of benzene rings is 1. The van der Waals surface area contributed by atoms with E-state index < -0.39 is 0 Å². The lowest BCUT2D eigenvalue weighted by Gasteiger charge is -2.26. The molecule has 0 heterocycles. The SMILES string of the molecule is CCCCC(CC)C(Br)c1ccc(C(C)C)cc1C(C)C. The van der Waals surface area contributed by atoms with Gasteiger partial charge in [-0.2, -0.15) is 0 Å². The molecular weight excluding hydrogens is 320 g/mol. The highest BCUT2D eigenvalue weighted by Gasteiger charge is 2.22. The van der Waals surface area contributed by atoms with Crippen molar-refractivity contribution in [3.8, 4) is 0 Å². The average Bonchev–Trinajstić information content (AvgIpc) is 2.46. The summed E-state index contributed by atoms with van der Waals surface area (Å²) in [6.07, 6.45) is 5.20. The van der Waals surface area contributed by atoms with Crippen LogP contribution in [0.2, 0.25) is 0 Å². The lowest BCUT2D eigenvalue weighted by atomic mass is 9.85. The molecular formula is C20H33Br. The average molecular weight is 353 g/mol. The Morgan fingerprint density at radius 3 is 2.10 bits per heavy atom. The molecule has 1 rings (SSSR count). The molecule has 0 aromatic heterocycles. The zero-order chi connectivity index (χ0) is 16.0. The molecule has 0 bridgehead atoms. The maximum Gasteiger partial charge on any atom is 0.0426 e. The molecule has 0 radical (unpaired) electrons. The molecule has 120 valence electrons. The summed E-state index contributed by atoms with van der Waals surface area (Å²) in [6.45, 7) is 13.8. The van der Waals surface area contributed by atoms with Gasteiger partial charge < -0.3 is 0 Å². The first-order valence-corrected chi connectivity index (χ1v) is 9.61. The van der Waals surface area contributed by atoms with E-state index in [0.717, 1.165) is 5.92 Å². The molecule has 0 amide bonds. The van der Waals surface area contributed by atoms with Crippen molar-refractivity contribution in [3.05, 3.63) is 34.9 Å². The second kappa shape index (κ2) is 8.98. The van der Waals surface area contributed by atoms with Gasteiger partial charge in [-0.1, -0.05) is 94.9 Å². The molecule has 0 N–H and O–H groups in total. The fourth-order valence-corrected chi connectivity index (χ4v) is 4.04. The molecule has 1 aromatic carbocycles. The van der Waals surface area contributed by atoms with Gasteiger partial charge in [-0.3, -0.25) is 0 Å². The van der Waals surface area contributed by atoms with Crippen LogP contribution in [0.1, 0.15) is 101 Å². The van der Waals surface area contributed by atoms with Crippen LogP contribution < -0.4 is 0 Å². The quantitative estimate of drug-likeness (QED) is 0.422. The van der Waals surface area contributed by atoms with Gasteiger partial charge in [-0.25, -0.2) is 0 Å². The van der Waals surface area contributed by atoms with Crippen molar-refractivity contribution in [3.63, 3.8) is 0 Å². The minimum absolute atomic E-state index is 0.493. The maximum absolute atomic E-state index is 4.02. The third kappa shape index (κ3) is 5.13. The monoisotopic (exact) mass is 352 g/mol. The van der Waals surface area contributed by atoms with Gasteiger partial charge in [0.25, 0.3) is 0 Å². The molecule has 2 unspecified atom stereocenters. The Hall–Kier alpha value is -0.300. The van der Waals surface area contributed by atoms with Crippen LogP contribution in [-0.4, -0.2) is 0 Å². The van der Waals surface area contributed by atoms with E-state index >= 15 is 0 Å². The molecule has 1 aromatic rings. The van der Waals surface area contributed by atoms with E-state index in [-0.39, 0.29) is 0 Å². The number of hydrogen-bond acceptors (Lipinski definition) is 0. The second-order valence-electron chi connectivity index (χ2n) is 6.91. The first-order chi connectivity index (χ1) is 9.92. The van der Waals surface area contributed by atoms with Gasteiger partial charge >= 0.3 is 0 Å². The Kier molecular flexibility index (Phi) is 8.02. The highest BCUT2D eigenvalue weighted by atomic mass is 79.9. The zero-order valence-corrected chi connectivity index (χ0v) is 16.3. The normalized spacial score (nSPS) is 14.7. The van der Waals surface area contributed by atoms with Gasteiger partial charge in [0.1, 0.15) is 0 Å². The predicted molar refractivity (Wildman–Crippen MR) is 99.6 cm³/mol. The number of rotatable bonds is 8. The lowest BCUT2D eigenvalue weighted by molar-refractivity contribution is 0.444. The van der Waals surface area contributed by atoms with Crippen LogP contribution in [0.25, 0.3) is 0 Å². The Balaban J connectivity index is 3.09. The highest BCUT2D eigenvalue weighted by Crippen LogP contribution is 2.40. The fraction of sp³-hybridized carbons (Fsp3) is 0.700. The van der Waals surface area contributed by atoms with E-state index in [9.17, 15) is 0 Å². The standard InChI is InChI=1S/C20H33Br/c1-7-9-10-16(8-2)20(21)18-12-11-17(14(3)4)13-19(18)15(5)6/h11-16,20H,7-10H2,1-6H3. The van der Waals surface area contributed by atoms with Crippen LogP contribution in [0.15, 0.2) is 18.2 Å². The van der Waals surface area contributed by atoms with Gasteiger partial charge in [0.15, 0.2) is 0 Å². The van der Waals surface area contributed by atoms with Crippen molar-refractivity contribution < 1.29 is 0 Å². The molecule has 0 spiro atoms. The molecule has 2 atom stereocenters. The van der Waals surface area contributed by atoms with E-state index in [2.05, 4.69) is 75.7 Å². The third-order valence-corrected chi connectivity index (χ3v) is 5.80. The van der Waals surface area contributed by atoms with Gasteiger partial charge in [0.2, 0.25) is 0 Å². The Labute approximate surface area is 140 Å². The number of hydrogen-bond donors (Lipinski definition) is 0. The molecule has 0 fully saturated rings. The summed E-state index contributed by atoms with van der Waals surface area (Å²) in [4.78, 5) is 0.493.